The van der Waals surface area contributed by atoms with Gasteiger partial charge in [0.05, 0.1) is 11.3 Å². The third kappa shape index (κ3) is 2.16. The lowest BCUT2D eigenvalue weighted by Gasteiger charge is -2.27. The Labute approximate surface area is 136 Å². The molecule has 0 unspecified atom stereocenters. The number of carbonyl (C=O) groups is 2. The largest absolute Gasteiger partial charge is 0.368 e. The van der Waals surface area contributed by atoms with Crippen LogP contribution in [0.1, 0.15) is 11.1 Å². The highest BCUT2D eigenvalue weighted by Gasteiger charge is 2.54. The molecule has 1 aliphatic heterocycles. The van der Waals surface area contributed by atoms with Gasteiger partial charge < -0.3 is 10.5 Å². The topological polar surface area (TPSA) is 72.6 Å². The van der Waals surface area contributed by atoms with Crippen molar-refractivity contribution in [3.05, 3.63) is 65.2 Å². The first-order chi connectivity index (χ1) is 11.4. The molecule has 24 heavy (non-hydrogen) atoms. The van der Waals surface area contributed by atoms with Gasteiger partial charge in [-0.3, -0.25) is 14.5 Å². The third-order valence-electron chi connectivity index (χ3n) is 4.05. The fourth-order valence-corrected chi connectivity index (χ4v) is 3.07. The molecule has 1 atom stereocenters. The number of hydrogen-bond acceptors (Lipinski definition) is 3. The van der Waals surface area contributed by atoms with Crippen LogP contribution in [0.25, 0.3) is 0 Å². The molecule has 0 saturated heterocycles. The van der Waals surface area contributed by atoms with Crippen molar-refractivity contribution in [2.24, 2.45) is 5.73 Å². The molecule has 2 N–H and O–H groups in total. The van der Waals surface area contributed by atoms with Crippen LogP contribution in [0.5, 0.6) is 0 Å². The minimum absolute atomic E-state index is 0.0228. The summed E-state index contributed by atoms with van der Waals surface area (Å²) < 4.78 is 33.3. The van der Waals surface area contributed by atoms with Crippen molar-refractivity contribution in [2.45, 2.75) is 5.60 Å². The summed E-state index contributed by atoms with van der Waals surface area (Å²) in [6.07, 6.45) is 0. The van der Waals surface area contributed by atoms with Crippen LogP contribution >= 0.6 is 0 Å². The molecule has 0 aromatic heterocycles. The molecule has 1 heterocycles. The Hall–Kier alpha value is -2.80. The van der Waals surface area contributed by atoms with Gasteiger partial charge in [-0.2, -0.15) is 0 Å². The second-order valence-electron chi connectivity index (χ2n) is 5.38. The summed E-state index contributed by atoms with van der Waals surface area (Å²) in [7, 11) is 1.26. The number of halogens is 2. The van der Waals surface area contributed by atoms with Crippen LogP contribution in [0, 0.1) is 11.6 Å². The number of primary amides is 1. The normalized spacial score (nSPS) is 19.5. The maximum atomic E-state index is 14.6. The lowest BCUT2D eigenvalue weighted by molar-refractivity contribution is -0.136. The first-order valence-corrected chi connectivity index (χ1v) is 7.12. The second-order valence-corrected chi connectivity index (χ2v) is 5.38. The number of rotatable bonds is 4. The first-order valence-electron chi connectivity index (χ1n) is 7.12. The van der Waals surface area contributed by atoms with E-state index in [1.807, 2.05) is 0 Å². The Kier molecular flexibility index (Phi) is 3.81. The summed E-state index contributed by atoms with van der Waals surface area (Å²) in [6, 6.07) is 9.12. The molecule has 0 saturated carbocycles. The Morgan fingerprint density at radius 2 is 1.88 bits per heavy atom. The maximum Gasteiger partial charge on any atom is 0.269 e. The Morgan fingerprint density at radius 3 is 2.46 bits per heavy atom. The number of hydrogen-bond donors (Lipinski definition) is 1. The average molecular weight is 332 g/mol. The summed E-state index contributed by atoms with van der Waals surface area (Å²) in [5, 5.41) is 0. The van der Waals surface area contributed by atoms with Crippen LogP contribution in [0.2, 0.25) is 0 Å². The number of anilines is 1. The summed E-state index contributed by atoms with van der Waals surface area (Å²) in [6.45, 7) is -0.415. The Morgan fingerprint density at radius 1 is 1.21 bits per heavy atom. The summed E-state index contributed by atoms with van der Waals surface area (Å²) >= 11 is 0. The standard InChI is InChI=1S/C17H14F2N2O3/c1-24-17(10-5-7-11(18)8-6-10)15-12(19)3-2-4-13(15)21(16(17)23)9-14(20)22/h2-8H,9H2,1H3,(H2,20,22)/t17-/m0/s1. The van der Waals surface area contributed by atoms with E-state index in [2.05, 4.69) is 0 Å². The molecule has 0 fully saturated rings. The average Bonchev–Trinajstić information content (AvgIpc) is 2.79. The van der Waals surface area contributed by atoms with Crippen molar-refractivity contribution in [3.63, 3.8) is 0 Å². The minimum atomic E-state index is -1.80. The van der Waals surface area contributed by atoms with E-state index in [4.69, 9.17) is 10.5 Å². The molecule has 0 spiro atoms. The van der Waals surface area contributed by atoms with Crippen LogP contribution in [-0.2, 0) is 19.9 Å². The van der Waals surface area contributed by atoms with Crippen molar-refractivity contribution in [1.29, 1.82) is 0 Å². The van der Waals surface area contributed by atoms with Gasteiger partial charge in [-0.05, 0) is 29.8 Å². The van der Waals surface area contributed by atoms with E-state index in [1.54, 1.807) is 0 Å². The van der Waals surface area contributed by atoms with Gasteiger partial charge in [-0.25, -0.2) is 8.78 Å². The molecule has 2 aromatic carbocycles. The number of nitrogens with zero attached hydrogens (tertiary/aromatic N) is 1. The molecule has 7 heteroatoms. The van der Waals surface area contributed by atoms with Gasteiger partial charge in [-0.1, -0.05) is 18.2 Å². The zero-order valence-electron chi connectivity index (χ0n) is 12.8. The molecule has 0 aliphatic carbocycles. The van der Waals surface area contributed by atoms with Gasteiger partial charge in [0, 0.05) is 7.11 Å². The number of ether oxygens (including phenoxy) is 1. The molecule has 3 rings (SSSR count). The number of fused-ring (bicyclic) bond motifs is 1. The fraction of sp³-hybridized carbons (Fsp3) is 0.176. The predicted octanol–water partition coefficient (Wildman–Crippen LogP) is 1.69. The van der Waals surface area contributed by atoms with Crippen LogP contribution in [0.3, 0.4) is 0 Å². The number of carbonyl (C=O) groups excluding carboxylic acids is 2. The van der Waals surface area contributed by atoms with E-state index < -0.39 is 35.6 Å². The second kappa shape index (κ2) is 5.68. The van der Waals surface area contributed by atoms with E-state index in [0.29, 0.717) is 0 Å². The van der Waals surface area contributed by atoms with Gasteiger partial charge in [0.1, 0.15) is 18.2 Å². The molecule has 124 valence electrons. The molecular weight excluding hydrogens is 318 g/mol. The zero-order valence-corrected chi connectivity index (χ0v) is 12.8. The van der Waals surface area contributed by atoms with Crippen molar-refractivity contribution in [2.75, 3.05) is 18.6 Å². The first kappa shape index (κ1) is 16.1. The highest BCUT2D eigenvalue weighted by molar-refractivity contribution is 6.11. The SMILES string of the molecule is CO[C@]1(c2ccc(F)cc2)C(=O)N(CC(N)=O)c2cccc(F)c21. The number of nitrogens with two attached hydrogens (primary N) is 1. The summed E-state index contributed by atoms with van der Waals surface area (Å²) in [5.41, 5.74) is 3.83. The number of amides is 2. The van der Waals surface area contributed by atoms with E-state index in [1.165, 1.54) is 37.4 Å². The van der Waals surface area contributed by atoms with Gasteiger partial charge >= 0.3 is 0 Å². The molecule has 2 amide bonds. The molecule has 5 nitrogen and oxygen atoms in total. The number of methoxy groups -OCH3 is 1. The molecule has 0 radical (unpaired) electrons. The van der Waals surface area contributed by atoms with Gasteiger partial charge in [0.15, 0.2) is 0 Å². The molecule has 2 aromatic rings. The van der Waals surface area contributed by atoms with E-state index in [-0.39, 0.29) is 16.8 Å². The zero-order chi connectivity index (χ0) is 17.5. The Bertz CT molecular complexity index is 823. The summed E-state index contributed by atoms with van der Waals surface area (Å²) in [4.78, 5) is 25.4. The lowest BCUT2D eigenvalue weighted by atomic mass is 9.87. The lowest BCUT2D eigenvalue weighted by Crippen LogP contribution is -2.45. The molecular formula is C17H14F2N2O3. The van der Waals surface area contributed by atoms with Crippen molar-refractivity contribution in [3.8, 4) is 0 Å². The van der Waals surface area contributed by atoms with Crippen molar-refractivity contribution in [1.82, 2.24) is 0 Å². The van der Waals surface area contributed by atoms with Gasteiger partial charge in [-0.15, -0.1) is 0 Å². The smallest absolute Gasteiger partial charge is 0.269 e. The van der Waals surface area contributed by atoms with Gasteiger partial charge in [0.25, 0.3) is 5.91 Å². The van der Waals surface area contributed by atoms with Gasteiger partial charge in [0.2, 0.25) is 11.5 Å². The predicted molar refractivity (Wildman–Crippen MR) is 82.1 cm³/mol. The van der Waals surface area contributed by atoms with E-state index in [0.717, 1.165) is 17.0 Å². The van der Waals surface area contributed by atoms with Crippen LogP contribution in [0.15, 0.2) is 42.5 Å². The monoisotopic (exact) mass is 332 g/mol. The highest BCUT2D eigenvalue weighted by atomic mass is 19.1. The Balaban J connectivity index is 2.29. The van der Waals surface area contributed by atoms with Crippen LogP contribution < -0.4 is 10.6 Å². The van der Waals surface area contributed by atoms with Crippen LogP contribution in [0.4, 0.5) is 14.5 Å². The quantitative estimate of drug-likeness (QED) is 0.926. The van der Waals surface area contributed by atoms with E-state index in [9.17, 15) is 18.4 Å². The fourth-order valence-electron chi connectivity index (χ4n) is 3.07. The molecule has 0 bridgehead atoms. The van der Waals surface area contributed by atoms with Crippen LogP contribution in [-0.4, -0.2) is 25.5 Å². The highest BCUT2D eigenvalue weighted by Crippen LogP contribution is 2.47. The van der Waals surface area contributed by atoms with Crippen molar-refractivity contribution < 1.29 is 23.1 Å². The third-order valence-corrected chi connectivity index (χ3v) is 4.05. The summed E-state index contributed by atoms with van der Waals surface area (Å²) in [5.74, 6) is -2.57. The van der Waals surface area contributed by atoms with Crippen molar-refractivity contribution >= 4 is 17.5 Å². The minimum Gasteiger partial charge on any atom is -0.368 e. The maximum absolute atomic E-state index is 14.6. The number of benzene rings is 2. The van der Waals surface area contributed by atoms with E-state index >= 15 is 0 Å². The molecule has 1 aliphatic rings.